The second kappa shape index (κ2) is 5.21. The molecule has 74 valence electrons. The van der Waals surface area contributed by atoms with Crippen molar-refractivity contribution in [3.8, 4) is 0 Å². The highest BCUT2D eigenvalue weighted by atomic mass is 19.1. The van der Waals surface area contributed by atoms with Crippen molar-refractivity contribution in [3.63, 3.8) is 0 Å². The van der Waals surface area contributed by atoms with Crippen LogP contribution >= 0.6 is 0 Å². The second-order valence-electron chi connectivity index (χ2n) is 3.70. The van der Waals surface area contributed by atoms with Crippen molar-refractivity contribution >= 4 is 0 Å². The summed E-state index contributed by atoms with van der Waals surface area (Å²) in [6.45, 7) is 4.27. The van der Waals surface area contributed by atoms with Gasteiger partial charge in [0.25, 0.3) is 0 Å². The molecule has 0 aromatic carbocycles. The van der Waals surface area contributed by atoms with E-state index in [2.05, 4.69) is 19.9 Å². The second-order valence-corrected chi connectivity index (χ2v) is 3.70. The monoisotopic (exact) mass is 182 g/mol. The topological polar surface area (TPSA) is 0 Å². The average molecular weight is 182 g/mol. The molecule has 1 heteroatoms. The van der Waals surface area contributed by atoms with Gasteiger partial charge in [0.05, 0.1) is 0 Å². The van der Waals surface area contributed by atoms with Crippen LogP contribution in [0.2, 0.25) is 0 Å². The molecule has 1 rings (SSSR count). The Morgan fingerprint density at radius 2 is 2.08 bits per heavy atom. The number of hydrogen-bond donors (Lipinski definition) is 0. The third kappa shape index (κ3) is 2.68. The Bertz CT molecular complexity index is 213. The maximum atomic E-state index is 13.4. The van der Waals surface area contributed by atoms with Gasteiger partial charge in [-0.05, 0) is 25.3 Å². The molecule has 1 aliphatic carbocycles. The van der Waals surface area contributed by atoms with E-state index in [4.69, 9.17) is 0 Å². The van der Waals surface area contributed by atoms with Gasteiger partial charge in [-0.3, -0.25) is 0 Å². The fourth-order valence-electron chi connectivity index (χ4n) is 1.96. The minimum Gasteiger partial charge on any atom is -0.212 e. The summed E-state index contributed by atoms with van der Waals surface area (Å²) in [5.74, 6) is 0.214. The zero-order valence-electron chi connectivity index (χ0n) is 8.65. The molecule has 0 amide bonds. The van der Waals surface area contributed by atoms with E-state index in [0.717, 1.165) is 32.1 Å². The SMILES string of the molecule is CCCC1=CCC=C(F)C1CCC. The minimum absolute atomic E-state index is 0.104. The van der Waals surface area contributed by atoms with E-state index in [1.54, 1.807) is 6.08 Å². The molecule has 0 aliphatic heterocycles. The van der Waals surface area contributed by atoms with Crippen LogP contribution in [0.5, 0.6) is 0 Å². The van der Waals surface area contributed by atoms with Crippen LogP contribution < -0.4 is 0 Å². The molecule has 0 nitrogen and oxygen atoms in total. The van der Waals surface area contributed by atoms with Gasteiger partial charge >= 0.3 is 0 Å². The summed E-state index contributed by atoms with van der Waals surface area (Å²) in [5, 5.41) is 0. The smallest absolute Gasteiger partial charge is 0.103 e. The van der Waals surface area contributed by atoms with Gasteiger partial charge in [0.15, 0.2) is 0 Å². The lowest BCUT2D eigenvalue weighted by atomic mass is 9.86. The normalized spacial score (nSPS) is 22.5. The molecule has 13 heavy (non-hydrogen) atoms. The molecule has 0 spiro atoms. The molecule has 0 radical (unpaired) electrons. The molecule has 0 saturated carbocycles. The molecule has 1 unspecified atom stereocenters. The van der Waals surface area contributed by atoms with E-state index < -0.39 is 0 Å². The lowest BCUT2D eigenvalue weighted by molar-refractivity contribution is 0.460. The molecule has 0 heterocycles. The third-order valence-electron chi connectivity index (χ3n) is 2.59. The summed E-state index contributed by atoms with van der Waals surface area (Å²) in [5.41, 5.74) is 1.32. The number of hydrogen-bond acceptors (Lipinski definition) is 0. The van der Waals surface area contributed by atoms with Gasteiger partial charge in [0.2, 0.25) is 0 Å². The molecule has 1 atom stereocenters. The predicted molar refractivity (Wildman–Crippen MR) is 55.2 cm³/mol. The third-order valence-corrected chi connectivity index (χ3v) is 2.59. The quantitative estimate of drug-likeness (QED) is 0.566. The zero-order valence-corrected chi connectivity index (χ0v) is 8.65. The van der Waals surface area contributed by atoms with Gasteiger partial charge in [-0.2, -0.15) is 0 Å². The standard InChI is InChI=1S/C12H19F/c1-3-6-10-8-5-9-12(13)11(10)7-4-2/h8-9,11H,3-7H2,1-2H3. The number of halogens is 1. The van der Waals surface area contributed by atoms with E-state index in [0.29, 0.717) is 0 Å². The zero-order chi connectivity index (χ0) is 9.68. The molecule has 0 aromatic rings. The lowest BCUT2D eigenvalue weighted by Gasteiger charge is -2.21. The minimum atomic E-state index is 0.104. The highest BCUT2D eigenvalue weighted by Crippen LogP contribution is 2.33. The van der Waals surface area contributed by atoms with Crippen LogP contribution in [0.1, 0.15) is 46.0 Å². The Kier molecular flexibility index (Phi) is 4.20. The summed E-state index contributed by atoms with van der Waals surface area (Å²) in [6.07, 6.45) is 8.93. The average Bonchev–Trinajstić information content (AvgIpc) is 2.11. The van der Waals surface area contributed by atoms with E-state index >= 15 is 0 Å². The van der Waals surface area contributed by atoms with Gasteiger partial charge in [-0.15, -0.1) is 0 Å². The largest absolute Gasteiger partial charge is 0.212 e. The summed E-state index contributed by atoms with van der Waals surface area (Å²) >= 11 is 0. The van der Waals surface area contributed by atoms with E-state index in [-0.39, 0.29) is 11.7 Å². The molecule has 0 bridgehead atoms. The summed E-state index contributed by atoms with van der Waals surface area (Å²) < 4.78 is 13.4. The van der Waals surface area contributed by atoms with Gasteiger partial charge < -0.3 is 0 Å². The van der Waals surface area contributed by atoms with Crippen LogP contribution in [0.3, 0.4) is 0 Å². The number of rotatable bonds is 4. The molecule has 0 saturated heterocycles. The van der Waals surface area contributed by atoms with Crippen molar-refractivity contribution in [2.24, 2.45) is 5.92 Å². The fourth-order valence-corrected chi connectivity index (χ4v) is 1.96. The van der Waals surface area contributed by atoms with Crippen LogP contribution in [-0.2, 0) is 0 Å². The first kappa shape index (κ1) is 10.5. The summed E-state index contributed by atoms with van der Waals surface area (Å²) in [6, 6.07) is 0. The molecule has 1 aliphatic rings. The van der Waals surface area contributed by atoms with Gasteiger partial charge in [-0.25, -0.2) is 4.39 Å². The van der Waals surface area contributed by atoms with Crippen LogP contribution in [0, 0.1) is 5.92 Å². The predicted octanol–water partition coefficient (Wildman–Crippen LogP) is 4.39. The molecule has 0 fully saturated rings. The Balaban J connectivity index is 2.64. The van der Waals surface area contributed by atoms with E-state index in [1.165, 1.54) is 5.57 Å². The first-order valence-corrected chi connectivity index (χ1v) is 5.34. The maximum absolute atomic E-state index is 13.4. The van der Waals surface area contributed by atoms with Gasteiger partial charge in [0, 0.05) is 5.92 Å². The molecular formula is C12H19F. The van der Waals surface area contributed by atoms with Crippen molar-refractivity contribution in [3.05, 3.63) is 23.6 Å². The Morgan fingerprint density at radius 1 is 1.31 bits per heavy atom. The lowest BCUT2D eigenvalue weighted by Crippen LogP contribution is -2.08. The van der Waals surface area contributed by atoms with Crippen LogP contribution in [0.25, 0.3) is 0 Å². The van der Waals surface area contributed by atoms with Crippen molar-refractivity contribution in [1.29, 1.82) is 0 Å². The van der Waals surface area contributed by atoms with Crippen LogP contribution in [0.4, 0.5) is 4.39 Å². The van der Waals surface area contributed by atoms with Crippen molar-refractivity contribution in [2.75, 3.05) is 0 Å². The fraction of sp³-hybridized carbons (Fsp3) is 0.667. The first-order chi connectivity index (χ1) is 6.29. The number of allylic oxidation sites excluding steroid dienone is 4. The maximum Gasteiger partial charge on any atom is 0.103 e. The van der Waals surface area contributed by atoms with Crippen molar-refractivity contribution in [2.45, 2.75) is 46.0 Å². The Hall–Kier alpha value is -0.590. The first-order valence-electron chi connectivity index (χ1n) is 5.34. The van der Waals surface area contributed by atoms with Gasteiger partial charge in [0.1, 0.15) is 5.83 Å². The summed E-state index contributed by atoms with van der Waals surface area (Å²) in [4.78, 5) is 0. The summed E-state index contributed by atoms with van der Waals surface area (Å²) in [7, 11) is 0. The van der Waals surface area contributed by atoms with Crippen LogP contribution in [-0.4, -0.2) is 0 Å². The molecule has 0 N–H and O–H groups in total. The Morgan fingerprint density at radius 3 is 2.69 bits per heavy atom. The highest BCUT2D eigenvalue weighted by molar-refractivity contribution is 5.23. The van der Waals surface area contributed by atoms with Crippen molar-refractivity contribution < 1.29 is 4.39 Å². The molecular weight excluding hydrogens is 163 g/mol. The highest BCUT2D eigenvalue weighted by Gasteiger charge is 2.19. The van der Waals surface area contributed by atoms with E-state index in [9.17, 15) is 4.39 Å². The molecule has 0 aromatic heterocycles. The van der Waals surface area contributed by atoms with Crippen molar-refractivity contribution in [1.82, 2.24) is 0 Å². The van der Waals surface area contributed by atoms with Crippen LogP contribution in [0.15, 0.2) is 23.6 Å². The Labute approximate surface area is 80.5 Å². The van der Waals surface area contributed by atoms with Gasteiger partial charge in [-0.1, -0.05) is 38.3 Å². The van der Waals surface area contributed by atoms with E-state index in [1.807, 2.05) is 0 Å².